The molecular formula is C15H12ClNO2. The summed E-state index contributed by atoms with van der Waals surface area (Å²) in [4.78, 5) is 3.14. The van der Waals surface area contributed by atoms with Crippen LogP contribution in [0.4, 0.5) is 0 Å². The third kappa shape index (κ3) is 2.37. The second-order valence-corrected chi connectivity index (χ2v) is 4.67. The molecule has 0 aliphatic heterocycles. The molecule has 0 radical (unpaired) electrons. The Labute approximate surface area is 115 Å². The molecule has 1 heterocycles. The van der Waals surface area contributed by atoms with Crippen LogP contribution in [0.25, 0.3) is 10.9 Å². The number of benzene rings is 2. The Morgan fingerprint density at radius 3 is 2.84 bits per heavy atom. The molecule has 0 unspecified atom stereocenters. The fourth-order valence-corrected chi connectivity index (χ4v) is 2.19. The van der Waals surface area contributed by atoms with Crippen LogP contribution in [0.3, 0.4) is 0 Å². The van der Waals surface area contributed by atoms with E-state index in [0.717, 1.165) is 16.5 Å². The number of rotatable bonds is 3. The topological polar surface area (TPSA) is 45.2 Å². The summed E-state index contributed by atoms with van der Waals surface area (Å²) in [6.07, 6.45) is 1.88. The highest BCUT2D eigenvalue weighted by Gasteiger charge is 2.06. The number of phenolic OH excluding ortho intramolecular Hbond substituents is 1. The van der Waals surface area contributed by atoms with Crippen molar-refractivity contribution in [2.45, 2.75) is 6.61 Å². The summed E-state index contributed by atoms with van der Waals surface area (Å²) < 4.78 is 5.70. The van der Waals surface area contributed by atoms with E-state index >= 15 is 0 Å². The van der Waals surface area contributed by atoms with Crippen LogP contribution < -0.4 is 4.74 Å². The van der Waals surface area contributed by atoms with Crippen molar-refractivity contribution in [1.29, 1.82) is 0 Å². The number of ether oxygens (including phenoxy) is 1. The van der Waals surface area contributed by atoms with Gasteiger partial charge in [0.25, 0.3) is 0 Å². The Morgan fingerprint density at radius 1 is 1.16 bits per heavy atom. The number of fused-ring (bicyclic) bond motifs is 1. The van der Waals surface area contributed by atoms with Crippen molar-refractivity contribution in [3.63, 3.8) is 0 Å². The van der Waals surface area contributed by atoms with Crippen LogP contribution in [0.1, 0.15) is 5.56 Å². The quantitative estimate of drug-likeness (QED) is 0.754. The third-order valence-corrected chi connectivity index (χ3v) is 3.28. The maximum absolute atomic E-state index is 9.53. The molecule has 3 aromatic rings. The maximum atomic E-state index is 9.53. The highest BCUT2D eigenvalue weighted by molar-refractivity contribution is 6.32. The molecule has 1 aromatic heterocycles. The molecule has 0 fully saturated rings. The average Bonchev–Trinajstić information content (AvgIpc) is 2.80. The van der Waals surface area contributed by atoms with Gasteiger partial charge in [-0.3, -0.25) is 0 Å². The molecule has 3 rings (SSSR count). The molecule has 0 saturated carbocycles. The zero-order valence-electron chi connectivity index (χ0n) is 10.1. The summed E-state index contributed by atoms with van der Waals surface area (Å²) in [5, 5.41) is 11.1. The maximum Gasteiger partial charge on any atom is 0.138 e. The summed E-state index contributed by atoms with van der Waals surface area (Å²) in [7, 11) is 0. The molecular weight excluding hydrogens is 262 g/mol. The normalized spacial score (nSPS) is 10.8. The predicted molar refractivity (Wildman–Crippen MR) is 75.7 cm³/mol. The van der Waals surface area contributed by atoms with Crippen molar-refractivity contribution in [2.75, 3.05) is 0 Å². The molecule has 19 heavy (non-hydrogen) atoms. The number of H-pyrrole nitrogens is 1. The monoisotopic (exact) mass is 273 g/mol. The van der Waals surface area contributed by atoms with Crippen LogP contribution in [0.5, 0.6) is 11.5 Å². The zero-order chi connectivity index (χ0) is 13.2. The molecule has 0 spiro atoms. The minimum absolute atomic E-state index is 0.242. The van der Waals surface area contributed by atoms with E-state index < -0.39 is 0 Å². The van der Waals surface area contributed by atoms with Crippen LogP contribution in [0.2, 0.25) is 5.02 Å². The molecule has 0 amide bonds. The molecule has 3 nitrogen and oxygen atoms in total. The Balaban J connectivity index is 1.86. The van der Waals surface area contributed by atoms with Crippen molar-refractivity contribution >= 4 is 22.5 Å². The molecule has 2 N–H and O–H groups in total. The average molecular weight is 274 g/mol. The van der Waals surface area contributed by atoms with Crippen molar-refractivity contribution in [3.8, 4) is 11.5 Å². The van der Waals surface area contributed by atoms with E-state index in [4.69, 9.17) is 16.3 Å². The molecule has 0 aliphatic carbocycles. The number of aromatic amines is 1. The lowest BCUT2D eigenvalue weighted by Crippen LogP contribution is -1.94. The number of hydrogen-bond donors (Lipinski definition) is 2. The number of para-hydroxylation sites is 1. The first-order valence-electron chi connectivity index (χ1n) is 5.90. The van der Waals surface area contributed by atoms with Crippen molar-refractivity contribution in [3.05, 3.63) is 59.2 Å². The van der Waals surface area contributed by atoms with Gasteiger partial charge in [-0.15, -0.1) is 0 Å². The van der Waals surface area contributed by atoms with E-state index in [1.54, 1.807) is 18.2 Å². The van der Waals surface area contributed by atoms with Gasteiger partial charge in [0.1, 0.15) is 18.1 Å². The minimum atomic E-state index is 0.242. The number of halogens is 1. The Kier molecular flexibility index (Phi) is 3.05. The first-order chi connectivity index (χ1) is 9.24. The summed E-state index contributed by atoms with van der Waals surface area (Å²) in [5.74, 6) is 0.893. The number of aromatic nitrogens is 1. The fourth-order valence-electron chi connectivity index (χ4n) is 2.00. The summed E-state index contributed by atoms with van der Waals surface area (Å²) in [6.45, 7) is 0.396. The van der Waals surface area contributed by atoms with Gasteiger partial charge in [0.2, 0.25) is 0 Å². The Bertz CT molecular complexity index is 721. The summed E-state index contributed by atoms with van der Waals surface area (Å²) in [6, 6.07) is 12.6. The van der Waals surface area contributed by atoms with Gasteiger partial charge < -0.3 is 14.8 Å². The lowest BCUT2D eigenvalue weighted by Gasteiger charge is -2.07. The van der Waals surface area contributed by atoms with E-state index in [1.165, 1.54) is 0 Å². The highest BCUT2D eigenvalue weighted by Crippen LogP contribution is 2.27. The van der Waals surface area contributed by atoms with Gasteiger partial charge in [-0.25, -0.2) is 0 Å². The highest BCUT2D eigenvalue weighted by atomic mass is 35.5. The number of aromatic hydroxyl groups is 1. The Hall–Kier alpha value is -2.13. The summed E-state index contributed by atoms with van der Waals surface area (Å²) >= 11 is 6.04. The van der Waals surface area contributed by atoms with E-state index in [1.807, 2.05) is 30.5 Å². The second-order valence-electron chi connectivity index (χ2n) is 4.26. The molecule has 0 atom stereocenters. The number of phenols is 1. The van der Waals surface area contributed by atoms with Crippen LogP contribution in [-0.4, -0.2) is 10.1 Å². The second kappa shape index (κ2) is 4.86. The van der Waals surface area contributed by atoms with E-state index in [0.29, 0.717) is 17.4 Å². The molecule has 0 aliphatic rings. The van der Waals surface area contributed by atoms with Gasteiger partial charge in [-0.05, 0) is 30.3 Å². The minimum Gasteiger partial charge on any atom is -0.508 e. The molecule has 0 bridgehead atoms. The largest absolute Gasteiger partial charge is 0.508 e. The van der Waals surface area contributed by atoms with Gasteiger partial charge in [0.05, 0.1) is 5.02 Å². The molecule has 96 valence electrons. The SMILES string of the molecule is Oc1ccc2[nH]cc(COc3ccccc3Cl)c2c1. The van der Waals surface area contributed by atoms with Crippen LogP contribution in [0.15, 0.2) is 48.7 Å². The van der Waals surface area contributed by atoms with Crippen molar-refractivity contribution in [2.24, 2.45) is 0 Å². The molecule has 4 heteroatoms. The van der Waals surface area contributed by atoms with E-state index in [9.17, 15) is 5.11 Å². The van der Waals surface area contributed by atoms with Crippen molar-refractivity contribution < 1.29 is 9.84 Å². The van der Waals surface area contributed by atoms with Gasteiger partial charge in [-0.2, -0.15) is 0 Å². The molecule has 0 saturated heterocycles. The van der Waals surface area contributed by atoms with E-state index in [-0.39, 0.29) is 5.75 Å². The van der Waals surface area contributed by atoms with Gasteiger partial charge in [0, 0.05) is 22.7 Å². The van der Waals surface area contributed by atoms with Crippen molar-refractivity contribution in [1.82, 2.24) is 4.98 Å². The number of nitrogens with one attached hydrogen (secondary N) is 1. The standard InChI is InChI=1S/C15H12ClNO2/c16-13-3-1-2-4-15(13)19-9-10-8-17-14-6-5-11(18)7-12(10)14/h1-8,17-18H,9H2. The zero-order valence-corrected chi connectivity index (χ0v) is 10.8. The van der Waals surface area contributed by atoms with Crippen LogP contribution in [0, 0.1) is 0 Å². The van der Waals surface area contributed by atoms with Crippen LogP contribution >= 0.6 is 11.6 Å². The van der Waals surface area contributed by atoms with Gasteiger partial charge >= 0.3 is 0 Å². The predicted octanol–water partition coefficient (Wildman–Crippen LogP) is 4.11. The van der Waals surface area contributed by atoms with Gasteiger partial charge in [0.15, 0.2) is 0 Å². The number of hydrogen-bond acceptors (Lipinski definition) is 2. The first-order valence-corrected chi connectivity index (χ1v) is 6.28. The molecule has 2 aromatic carbocycles. The van der Waals surface area contributed by atoms with E-state index in [2.05, 4.69) is 4.98 Å². The first kappa shape index (κ1) is 11.9. The third-order valence-electron chi connectivity index (χ3n) is 2.97. The Morgan fingerprint density at radius 2 is 2.00 bits per heavy atom. The summed E-state index contributed by atoms with van der Waals surface area (Å²) in [5.41, 5.74) is 1.95. The fraction of sp³-hybridized carbons (Fsp3) is 0.0667. The van der Waals surface area contributed by atoms with Gasteiger partial charge in [-0.1, -0.05) is 23.7 Å². The van der Waals surface area contributed by atoms with Crippen LogP contribution in [-0.2, 0) is 6.61 Å². The lowest BCUT2D eigenvalue weighted by atomic mass is 10.2. The lowest BCUT2D eigenvalue weighted by molar-refractivity contribution is 0.308. The smallest absolute Gasteiger partial charge is 0.138 e.